The molecule has 0 aliphatic carbocycles. The normalized spacial score (nSPS) is 12.5. The van der Waals surface area contributed by atoms with E-state index in [4.69, 9.17) is 0 Å². The minimum Gasteiger partial charge on any atom is -0.230 e. The molecular formula is C9H15F4. The summed E-state index contributed by atoms with van der Waals surface area (Å²) in [5.74, 6) is 0. The van der Waals surface area contributed by atoms with E-state index in [0.717, 1.165) is 19.3 Å². The van der Waals surface area contributed by atoms with Crippen molar-refractivity contribution in [2.75, 3.05) is 0 Å². The second-order valence-electron chi connectivity index (χ2n) is 3.07. The monoisotopic (exact) mass is 199 g/mol. The summed E-state index contributed by atoms with van der Waals surface area (Å²) in [5, 5.41) is 0. The molecule has 0 aliphatic rings. The van der Waals surface area contributed by atoms with Crippen molar-refractivity contribution in [1.82, 2.24) is 0 Å². The SMILES string of the molecule is CCCCCCC[C](F)C(F)(F)F. The largest absolute Gasteiger partial charge is 0.426 e. The first-order chi connectivity index (χ1) is 5.98. The van der Waals surface area contributed by atoms with Crippen LogP contribution in [-0.2, 0) is 0 Å². The highest BCUT2D eigenvalue weighted by atomic mass is 19.4. The predicted molar refractivity (Wildman–Crippen MR) is 43.8 cm³/mol. The van der Waals surface area contributed by atoms with Gasteiger partial charge >= 0.3 is 6.18 Å². The fraction of sp³-hybridized carbons (Fsp3) is 0.889. The fourth-order valence-corrected chi connectivity index (χ4v) is 1.03. The Balaban J connectivity index is 3.32. The van der Waals surface area contributed by atoms with Crippen LogP contribution in [0.15, 0.2) is 0 Å². The molecule has 0 saturated carbocycles. The Hall–Kier alpha value is -0.280. The summed E-state index contributed by atoms with van der Waals surface area (Å²) in [6, 6.07) is 0. The van der Waals surface area contributed by atoms with Crippen molar-refractivity contribution in [3.8, 4) is 0 Å². The van der Waals surface area contributed by atoms with Gasteiger partial charge in [0.15, 0.2) is 0 Å². The van der Waals surface area contributed by atoms with Crippen LogP contribution in [0.3, 0.4) is 0 Å². The summed E-state index contributed by atoms with van der Waals surface area (Å²) in [7, 11) is 0. The predicted octanol–water partition coefficient (Wildman–Crippen LogP) is 4.41. The first kappa shape index (κ1) is 12.7. The van der Waals surface area contributed by atoms with Crippen LogP contribution < -0.4 is 0 Å². The summed E-state index contributed by atoms with van der Waals surface area (Å²) in [6.45, 7) is 2.02. The molecule has 0 fully saturated rings. The van der Waals surface area contributed by atoms with E-state index in [1.807, 2.05) is 6.92 Å². The van der Waals surface area contributed by atoms with E-state index >= 15 is 0 Å². The van der Waals surface area contributed by atoms with Gasteiger partial charge in [0.25, 0.3) is 0 Å². The van der Waals surface area contributed by atoms with Crippen LogP contribution in [0.5, 0.6) is 0 Å². The van der Waals surface area contributed by atoms with Crippen molar-refractivity contribution in [3.63, 3.8) is 0 Å². The van der Waals surface area contributed by atoms with Gasteiger partial charge in [0, 0.05) is 0 Å². The summed E-state index contributed by atoms with van der Waals surface area (Å²) in [6.07, 6.45) is -3.15. The quantitative estimate of drug-likeness (QED) is 0.439. The summed E-state index contributed by atoms with van der Waals surface area (Å²) < 4.78 is 47.0. The van der Waals surface area contributed by atoms with Gasteiger partial charge in [-0.1, -0.05) is 32.6 Å². The molecule has 0 atom stereocenters. The molecule has 0 nitrogen and oxygen atoms in total. The Morgan fingerprint density at radius 3 is 2.00 bits per heavy atom. The standard InChI is InChI=1S/C9H15F4/c1-2-3-4-5-6-7-8(10)9(11,12)13/h2-7H2,1H3. The average molecular weight is 199 g/mol. The highest BCUT2D eigenvalue weighted by Gasteiger charge is 2.40. The maximum atomic E-state index is 12.2. The Morgan fingerprint density at radius 2 is 1.54 bits per heavy atom. The second-order valence-corrected chi connectivity index (χ2v) is 3.07. The van der Waals surface area contributed by atoms with Crippen LogP contribution in [0.2, 0.25) is 0 Å². The lowest BCUT2D eigenvalue weighted by Crippen LogP contribution is -2.16. The first-order valence-corrected chi connectivity index (χ1v) is 4.57. The Bertz CT molecular complexity index is 119. The van der Waals surface area contributed by atoms with Crippen LogP contribution in [0.1, 0.15) is 45.4 Å². The lowest BCUT2D eigenvalue weighted by atomic mass is 10.1. The van der Waals surface area contributed by atoms with E-state index in [0.29, 0.717) is 12.8 Å². The van der Waals surface area contributed by atoms with Gasteiger partial charge in [-0.05, 0) is 12.8 Å². The van der Waals surface area contributed by atoms with Crippen molar-refractivity contribution in [2.24, 2.45) is 0 Å². The number of unbranched alkanes of at least 4 members (excludes halogenated alkanes) is 4. The van der Waals surface area contributed by atoms with Crippen LogP contribution >= 0.6 is 0 Å². The van der Waals surface area contributed by atoms with Crippen LogP contribution in [0.4, 0.5) is 17.6 Å². The average Bonchev–Trinajstić information content (AvgIpc) is 2.02. The number of alkyl halides is 3. The molecule has 1 radical (unpaired) electrons. The van der Waals surface area contributed by atoms with Crippen molar-refractivity contribution in [3.05, 3.63) is 6.17 Å². The summed E-state index contributed by atoms with van der Waals surface area (Å²) in [4.78, 5) is 0. The molecule has 0 amide bonds. The fourth-order valence-electron chi connectivity index (χ4n) is 1.03. The van der Waals surface area contributed by atoms with Crippen LogP contribution in [0.25, 0.3) is 0 Å². The third-order valence-corrected chi connectivity index (χ3v) is 1.81. The van der Waals surface area contributed by atoms with Gasteiger partial charge in [0.2, 0.25) is 6.17 Å². The number of hydrogen-bond acceptors (Lipinski definition) is 0. The Morgan fingerprint density at radius 1 is 1.00 bits per heavy atom. The molecule has 0 unspecified atom stereocenters. The third-order valence-electron chi connectivity index (χ3n) is 1.81. The highest BCUT2D eigenvalue weighted by molar-refractivity contribution is 4.84. The molecule has 0 aromatic carbocycles. The Kier molecular flexibility index (Phi) is 6.08. The van der Waals surface area contributed by atoms with E-state index in [1.54, 1.807) is 0 Å². The van der Waals surface area contributed by atoms with Gasteiger partial charge in [-0.2, -0.15) is 13.2 Å². The molecule has 4 heteroatoms. The molecule has 0 aromatic heterocycles. The lowest BCUT2D eigenvalue weighted by Gasteiger charge is -2.09. The molecule has 0 bridgehead atoms. The van der Waals surface area contributed by atoms with Gasteiger partial charge in [0.1, 0.15) is 0 Å². The zero-order valence-electron chi connectivity index (χ0n) is 7.75. The van der Waals surface area contributed by atoms with E-state index in [1.165, 1.54) is 0 Å². The molecule has 0 N–H and O–H groups in total. The van der Waals surface area contributed by atoms with Gasteiger partial charge in [-0.3, -0.25) is 0 Å². The summed E-state index contributed by atoms with van der Waals surface area (Å²) in [5.41, 5.74) is 0. The van der Waals surface area contributed by atoms with Gasteiger partial charge in [-0.25, -0.2) is 4.39 Å². The Labute approximate surface area is 76.3 Å². The van der Waals surface area contributed by atoms with Crippen molar-refractivity contribution < 1.29 is 17.6 Å². The number of rotatable bonds is 6. The van der Waals surface area contributed by atoms with Gasteiger partial charge < -0.3 is 0 Å². The molecule has 0 heterocycles. The number of halogens is 4. The van der Waals surface area contributed by atoms with Crippen molar-refractivity contribution in [1.29, 1.82) is 0 Å². The molecular weight excluding hydrogens is 184 g/mol. The third kappa shape index (κ3) is 6.84. The van der Waals surface area contributed by atoms with E-state index in [2.05, 4.69) is 0 Å². The maximum absolute atomic E-state index is 12.2. The van der Waals surface area contributed by atoms with Crippen molar-refractivity contribution in [2.45, 2.75) is 51.6 Å². The highest BCUT2D eigenvalue weighted by Crippen LogP contribution is 2.33. The topological polar surface area (TPSA) is 0 Å². The van der Waals surface area contributed by atoms with Crippen LogP contribution in [-0.4, -0.2) is 6.18 Å². The first-order valence-electron chi connectivity index (χ1n) is 4.57. The summed E-state index contributed by atoms with van der Waals surface area (Å²) >= 11 is 0. The number of hydrogen-bond donors (Lipinski definition) is 0. The second kappa shape index (κ2) is 6.22. The molecule has 79 valence electrons. The molecule has 13 heavy (non-hydrogen) atoms. The van der Waals surface area contributed by atoms with E-state index < -0.39 is 18.8 Å². The minimum atomic E-state index is -4.75. The smallest absolute Gasteiger partial charge is 0.230 e. The molecule has 0 rings (SSSR count). The van der Waals surface area contributed by atoms with Gasteiger partial charge in [0.05, 0.1) is 0 Å². The van der Waals surface area contributed by atoms with E-state index in [9.17, 15) is 17.6 Å². The molecule has 0 aromatic rings. The minimum absolute atomic E-state index is 0.297. The zero-order chi connectivity index (χ0) is 10.3. The molecule has 0 saturated heterocycles. The zero-order valence-corrected chi connectivity index (χ0v) is 7.75. The van der Waals surface area contributed by atoms with Crippen LogP contribution in [0, 0.1) is 6.17 Å². The van der Waals surface area contributed by atoms with Gasteiger partial charge in [-0.15, -0.1) is 0 Å². The van der Waals surface area contributed by atoms with E-state index in [-0.39, 0.29) is 0 Å². The maximum Gasteiger partial charge on any atom is 0.426 e. The lowest BCUT2D eigenvalue weighted by molar-refractivity contribution is -0.140. The van der Waals surface area contributed by atoms with Crippen molar-refractivity contribution >= 4 is 0 Å². The molecule has 0 spiro atoms. The molecule has 0 aliphatic heterocycles.